The number of hydrogen-bond acceptors (Lipinski definition) is 5. The summed E-state index contributed by atoms with van der Waals surface area (Å²) in [7, 11) is 0. The van der Waals surface area contributed by atoms with Gasteiger partial charge in [-0.2, -0.15) is 9.97 Å². The van der Waals surface area contributed by atoms with Crippen molar-refractivity contribution in [3.8, 4) is 5.95 Å². The van der Waals surface area contributed by atoms with Crippen LogP contribution in [0.2, 0.25) is 0 Å². The Morgan fingerprint density at radius 1 is 1.15 bits per heavy atom. The number of imidazole rings is 1. The van der Waals surface area contributed by atoms with E-state index in [2.05, 4.69) is 16.8 Å². The van der Waals surface area contributed by atoms with Crippen LogP contribution in [-0.4, -0.2) is 50.4 Å². The summed E-state index contributed by atoms with van der Waals surface area (Å²) in [6, 6.07) is 6.60. The Labute approximate surface area is 155 Å². The number of aryl methyl sites for hydroxylation is 1. The molecule has 4 aromatic rings. The normalized spacial score (nSPS) is 15.1. The highest BCUT2D eigenvalue weighted by Crippen LogP contribution is 2.27. The highest BCUT2D eigenvalue weighted by Gasteiger charge is 2.21. The molecule has 8 heteroatoms. The molecule has 0 unspecified atom stereocenters. The number of halogens is 1. The lowest BCUT2D eigenvalue weighted by Gasteiger charge is -2.28. The zero-order chi connectivity index (χ0) is 18.4. The topological polar surface area (TPSA) is 61.0 Å². The minimum atomic E-state index is -0.255. The number of ether oxygens (including phenoxy) is 1. The highest BCUT2D eigenvalue weighted by atomic mass is 19.1. The molecule has 0 bridgehead atoms. The van der Waals surface area contributed by atoms with Crippen LogP contribution in [0, 0.1) is 5.82 Å². The number of benzene rings is 1. The smallest absolute Gasteiger partial charge is 0.238 e. The molecule has 138 valence electrons. The summed E-state index contributed by atoms with van der Waals surface area (Å²) in [5.74, 6) is 1.12. The molecule has 27 heavy (non-hydrogen) atoms. The molecule has 5 rings (SSSR count). The number of aromatic nitrogens is 5. The van der Waals surface area contributed by atoms with Crippen molar-refractivity contribution in [3.63, 3.8) is 0 Å². The largest absolute Gasteiger partial charge is 0.378 e. The Hall–Kier alpha value is -3.00. The first kappa shape index (κ1) is 16.2. The third kappa shape index (κ3) is 2.64. The molecule has 1 fully saturated rings. The predicted molar refractivity (Wildman–Crippen MR) is 101 cm³/mol. The van der Waals surface area contributed by atoms with Crippen molar-refractivity contribution in [2.75, 3.05) is 31.2 Å². The van der Waals surface area contributed by atoms with E-state index in [1.807, 2.05) is 21.4 Å². The maximum absolute atomic E-state index is 13.6. The zero-order valence-corrected chi connectivity index (χ0v) is 15.0. The van der Waals surface area contributed by atoms with Gasteiger partial charge in [0.2, 0.25) is 5.95 Å². The Balaban J connectivity index is 1.73. The summed E-state index contributed by atoms with van der Waals surface area (Å²) in [5.41, 5.74) is 2.46. The van der Waals surface area contributed by atoms with E-state index < -0.39 is 0 Å². The zero-order valence-electron chi connectivity index (χ0n) is 15.0. The number of morpholine rings is 1. The lowest BCUT2D eigenvalue weighted by atomic mass is 10.2. The molecule has 3 aromatic heterocycles. The van der Waals surface area contributed by atoms with Gasteiger partial charge in [-0.1, -0.05) is 0 Å². The highest BCUT2D eigenvalue weighted by molar-refractivity contribution is 5.86. The summed E-state index contributed by atoms with van der Waals surface area (Å²) in [6.45, 7) is 5.70. The van der Waals surface area contributed by atoms with Crippen LogP contribution >= 0.6 is 0 Å². The molecule has 0 radical (unpaired) electrons. The van der Waals surface area contributed by atoms with E-state index in [4.69, 9.17) is 14.7 Å². The molecule has 0 amide bonds. The first-order valence-electron chi connectivity index (χ1n) is 9.07. The van der Waals surface area contributed by atoms with Crippen molar-refractivity contribution in [1.29, 1.82) is 0 Å². The van der Waals surface area contributed by atoms with Gasteiger partial charge in [-0.3, -0.25) is 4.57 Å². The molecule has 7 nitrogen and oxygen atoms in total. The van der Waals surface area contributed by atoms with Crippen molar-refractivity contribution in [2.45, 2.75) is 13.5 Å². The molecular formula is C19H19FN6O. The van der Waals surface area contributed by atoms with Gasteiger partial charge in [0.25, 0.3) is 0 Å². The minimum Gasteiger partial charge on any atom is -0.378 e. The van der Waals surface area contributed by atoms with Crippen molar-refractivity contribution >= 4 is 27.9 Å². The number of rotatable bonds is 3. The van der Waals surface area contributed by atoms with Gasteiger partial charge in [0.05, 0.1) is 25.1 Å². The summed E-state index contributed by atoms with van der Waals surface area (Å²) in [4.78, 5) is 16.4. The van der Waals surface area contributed by atoms with Gasteiger partial charge in [-0.15, -0.1) is 0 Å². The molecular weight excluding hydrogens is 347 g/mol. The molecule has 1 aliphatic heterocycles. The van der Waals surface area contributed by atoms with Crippen LogP contribution in [0.15, 0.2) is 36.8 Å². The van der Waals surface area contributed by atoms with Crippen LogP contribution < -0.4 is 4.90 Å². The average molecular weight is 366 g/mol. The fourth-order valence-electron chi connectivity index (χ4n) is 3.54. The minimum absolute atomic E-state index is 0.255. The fourth-order valence-corrected chi connectivity index (χ4v) is 3.54. The van der Waals surface area contributed by atoms with Crippen LogP contribution in [0.4, 0.5) is 10.2 Å². The van der Waals surface area contributed by atoms with Crippen LogP contribution in [0.25, 0.3) is 28.0 Å². The van der Waals surface area contributed by atoms with Crippen LogP contribution in [-0.2, 0) is 11.3 Å². The van der Waals surface area contributed by atoms with Crippen LogP contribution in [0.1, 0.15) is 6.92 Å². The first-order valence-corrected chi connectivity index (χ1v) is 9.07. The van der Waals surface area contributed by atoms with Gasteiger partial charge in [0, 0.05) is 31.2 Å². The van der Waals surface area contributed by atoms with E-state index in [9.17, 15) is 4.39 Å². The van der Waals surface area contributed by atoms with E-state index in [0.29, 0.717) is 19.2 Å². The summed E-state index contributed by atoms with van der Waals surface area (Å²) >= 11 is 0. The van der Waals surface area contributed by atoms with Crippen LogP contribution in [0.3, 0.4) is 0 Å². The maximum Gasteiger partial charge on any atom is 0.238 e. The lowest BCUT2D eigenvalue weighted by molar-refractivity contribution is 0.122. The molecule has 0 saturated carbocycles. The number of fused-ring (bicyclic) bond motifs is 2. The Morgan fingerprint density at radius 3 is 2.81 bits per heavy atom. The van der Waals surface area contributed by atoms with Gasteiger partial charge < -0.3 is 14.2 Å². The second-order valence-electron chi connectivity index (χ2n) is 6.54. The van der Waals surface area contributed by atoms with Crippen LogP contribution in [0.5, 0.6) is 0 Å². The van der Waals surface area contributed by atoms with E-state index in [0.717, 1.165) is 47.5 Å². The molecule has 1 aromatic carbocycles. The Bertz CT molecular complexity index is 1130. The number of anilines is 1. The van der Waals surface area contributed by atoms with E-state index in [1.54, 1.807) is 12.4 Å². The van der Waals surface area contributed by atoms with Gasteiger partial charge in [0.1, 0.15) is 5.82 Å². The summed E-state index contributed by atoms with van der Waals surface area (Å²) in [5, 5.41) is 0.815. The molecule has 0 spiro atoms. The van der Waals surface area contributed by atoms with E-state index in [1.165, 1.54) is 12.1 Å². The monoisotopic (exact) mass is 366 g/mol. The van der Waals surface area contributed by atoms with Crippen molar-refractivity contribution in [1.82, 2.24) is 24.1 Å². The van der Waals surface area contributed by atoms with Crippen molar-refractivity contribution < 1.29 is 9.13 Å². The molecule has 0 N–H and O–H groups in total. The van der Waals surface area contributed by atoms with E-state index >= 15 is 0 Å². The lowest BCUT2D eigenvalue weighted by Crippen LogP contribution is -2.37. The molecule has 0 atom stereocenters. The molecule has 1 aliphatic rings. The summed E-state index contributed by atoms with van der Waals surface area (Å²) in [6.07, 6.45) is 3.68. The second kappa shape index (κ2) is 6.31. The second-order valence-corrected chi connectivity index (χ2v) is 6.54. The first-order chi connectivity index (χ1) is 13.2. The molecule has 1 saturated heterocycles. The predicted octanol–water partition coefficient (Wildman–Crippen LogP) is 2.77. The molecule has 0 aliphatic carbocycles. The third-order valence-corrected chi connectivity index (χ3v) is 4.95. The van der Waals surface area contributed by atoms with Crippen molar-refractivity contribution in [3.05, 3.63) is 42.6 Å². The quantitative estimate of drug-likeness (QED) is 0.558. The van der Waals surface area contributed by atoms with Gasteiger partial charge >= 0.3 is 0 Å². The SMILES string of the molecule is CCn1cnc2c(N3CCOCC3)nc(-n3ccc4cc(F)ccc43)nc21. The third-order valence-electron chi connectivity index (χ3n) is 4.95. The average Bonchev–Trinajstić information content (AvgIpc) is 3.31. The molecule has 4 heterocycles. The maximum atomic E-state index is 13.6. The van der Waals surface area contributed by atoms with Gasteiger partial charge in [-0.25, -0.2) is 9.37 Å². The fraction of sp³-hybridized carbons (Fsp3) is 0.316. The standard InChI is InChI=1S/C19H19FN6O/c1-2-24-12-21-16-17(24)22-19(23-18(16)25-7-9-27-10-8-25)26-6-5-13-11-14(20)3-4-15(13)26/h3-6,11-12H,2,7-10H2,1H3. The van der Waals surface area contributed by atoms with Gasteiger partial charge in [-0.05, 0) is 31.2 Å². The number of hydrogen-bond donors (Lipinski definition) is 0. The van der Waals surface area contributed by atoms with Gasteiger partial charge in [0.15, 0.2) is 17.0 Å². The Kier molecular flexibility index (Phi) is 3.78. The Morgan fingerprint density at radius 2 is 2.00 bits per heavy atom. The van der Waals surface area contributed by atoms with Crippen molar-refractivity contribution in [2.24, 2.45) is 0 Å². The summed E-state index contributed by atoms with van der Waals surface area (Å²) < 4.78 is 22.9. The number of nitrogens with zero attached hydrogens (tertiary/aromatic N) is 6. The van der Waals surface area contributed by atoms with E-state index in [-0.39, 0.29) is 5.82 Å².